The molecule has 326 valence electrons. The zero-order chi connectivity index (χ0) is 40.3. The van der Waals surface area contributed by atoms with Crippen LogP contribution in [0.5, 0.6) is 0 Å². The van der Waals surface area contributed by atoms with E-state index in [0.717, 1.165) is 51.9 Å². The topological polar surface area (TPSA) is 59.1 Å². The predicted octanol–water partition coefficient (Wildman–Crippen LogP) is 1.38. The first kappa shape index (κ1) is 49.5. The maximum Gasteiger partial charge on any atom is 0.362 e. The molecule has 0 spiro atoms. The number of fused-ring (bicyclic) bond motifs is 7. The largest absolute Gasteiger partial charge is 1.00 e. The highest BCUT2D eigenvalue weighted by Crippen LogP contribution is 2.77. The van der Waals surface area contributed by atoms with Crippen molar-refractivity contribution in [1.82, 2.24) is 9.80 Å². The van der Waals surface area contributed by atoms with Gasteiger partial charge in [-0.2, -0.15) is 0 Å². The Morgan fingerprint density at radius 3 is 1.82 bits per heavy atom. The number of quaternary nitrogens is 2. The third-order valence-corrected chi connectivity index (χ3v) is 17.4. The fraction of sp³-hybridized carbons (Fsp3) is 0.913. The second-order valence-electron chi connectivity index (χ2n) is 22.8. The van der Waals surface area contributed by atoms with Crippen molar-refractivity contribution in [2.24, 2.45) is 56.7 Å². The van der Waals surface area contributed by atoms with Gasteiger partial charge in [0.2, 0.25) is 0 Å². The number of esters is 2. The molecule has 10 atom stereocenters. The van der Waals surface area contributed by atoms with Gasteiger partial charge in [0.25, 0.3) is 0 Å². The number of hydrogen-bond acceptors (Lipinski definition) is 6. The molecule has 0 aliphatic heterocycles. The molecule has 0 N–H and O–H groups in total. The molecule has 10 heteroatoms. The molecule has 4 unspecified atom stereocenters. The van der Waals surface area contributed by atoms with Gasteiger partial charge in [-0.05, 0) is 145 Å². The molecule has 5 rings (SSSR count). The lowest BCUT2D eigenvalue weighted by atomic mass is 9.32. The van der Waals surface area contributed by atoms with Gasteiger partial charge in [0.1, 0.15) is 6.10 Å². The summed E-state index contributed by atoms with van der Waals surface area (Å²) < 4.78 is 14.1. The maximum atomic E-state index is 13.5. The van der Waals surface area contributed by atoms with E-state index < -0.39 is 0 Å². The summed E-state index contributed by atoms with van der Waals surface area (Å²) >= 11 is 0. The highest BCUT2D eigenvalue weighted by atomic mass is 35.5. The van der Waals surface area contributed by atoms with E-state index in [2.05, 4.69) is 114 Å². The average molecular weight is 828 g/mol. The first-order valence-corrected chi connectivity index (χ1v) is 21.8. The highest BCUT2D eigenvalue weighted by molar-refractivity contribution is 5.71. The monoisotopic (exact) mass is 827 g/mol. The number of ether oxygens (including phenoxy) is 2. The van der Waals surface area contributed by atoms with Crippen LogP contribution >= 0.6 is 0 Å². The Hall–Kier alpha value is -0.900. The van der Waals surface area contributed by atoms with Crippen molar-refractivity contribution < 1.29 is 52.8 Å². The Labute approximate surface area is 356 Å². The number of hydrogen-bond donors (Lipinski definition) is 0. The van der Waals surface area contributed by atoms with Gasteiger partial charge in [0.15, 0.2) is 13.1 Å². The summed E-state index contributed by atoms with van der Waals surface area (Å²) in [4.78, 5) is 31.3. The predicted molar refractivity (Wildman–Crippen MR) is 221 cm³/mol. The van der Waals surface area contributed by atoms with E-state index in [9.17, 15) is 9.59 Å². The molecule has 56 heavy (non-hydrogen) atoms. The van der Waals surface area contributed by atoms with Crippen molar-refractivity contribution in [3.63, 3.8) is 0 Å². The Balaban J connectivity index is 0.00000420. The molecule has 0 aromatic carbocycles. The van der Waals surface area contributed by atoms with Gasteiger partial charge in [-0.1, -0.05) is 46.8 Å². The summed E-state index contributed by atoms with van der Waals surface area (Å²) in [5.41, 5.74) is 2.02. The normalized spacial score (nSPS) is 37.6. The van der Waals surface area contributed by atoms with Gasteiger partial charge in [0, 0.05) is 23.9 Å². The number of allylic oxidation sites excluding steroid dienone is 1. The standard InChI is InChI=1S/C46H84N4O4.2ClH/c1-33(2)34-18-23-46(32-53-39(51)30-49(12,13)28-26-47(8)9)25-24-44(6)35(41(34)46)16-17-37-43(5)21-20-38(42(3,4)36(43)19-22-45(37,44)7)54-40(52)31-50(14,15)29-27-48(10)11;;/h34-38,41H,1,16-32H2,2-15H3;2*1H/q+2;;/p-2/t34-,35?,36?,37?,38-,41?,43-,44+,45+,46+;;/m0../s1. The van der Waals surface area contributed by atoms with Crippen LogP contribution < -0.4 is 24.8 Å². The van der Waals surface area contributed by atoms with Crippen LogP contribution in [0.2, 0.25) is 0 Å². The summed E-state index contributed by atoms with van der Waals surface area (Å²) in [6, 6.07) is 0. The molecular weight excluding hydrogens is 743 g/mol. The van der Waals surface area contributed by atoms with E-state index >= 15 is 0 Å². The quantitative estimate of drug-likeness (QED) is 0.150. The number of likely N-dealkylation sites (N-methyl/N-ethyl adjacent to an activating group) is 4. The molecule has 5 fully saturated rings. The average Bonchev–Trinajstić information content (AvgIpc) is 3.44. The third-order valence-electron chi connectivity index (χ3n) is 17.4. The highest BCUT2D eigenvalue weighted by Gasteiger charge is 2.71. The number of rotatable bonds is 14. The van der Waals surface area contributed by atoms with Crippen LogP contribution in [0.4, 0.5) is 0 Å². The minimum atomic E-state index is -0.0651. The molecule has 0 radical (unpaired) electrons. The van der Waals surface area contributed by atoms with Crippen LogP contribution in [0.15, 0.2) is 12.2 Å². The minimum Gasteiger partial charge on any atom is -1.00 e. The van der Waals surface area contributed by atoms with Gasteiger partial charge < -0.3 is 53.1 Å². The van der Waals surface area contributed by atoms with Crippen molar-refractivity contribution >= 4 is 11.9 Å². The van der Waals surface area contributed by atoms with Gasteiger partial charge in [-0.25, -0.2) is 9.59 Å². The number of carbonyl (C=O) groups excluding carboxylic acids is 2. The van der Waals surface area contributed by atoms with Gasteiger partial charge in [-0.3, -0.25) is 0 Å². The number of halogens is 2. The lowest BCUT2D eigenvalue weighted by Crippen LogP contribution is -3.00. The molecule has 5 aliphatic carbocycles. The third kappa shape index (κ3) is 9.36. The van der Waals surface area contributed by atoms with E-state index in [1.54, 1.807) is 0 Å². The second-order valence-corrected chi connectivity index (χ2v) is 22.8. The van der Waals surface area contributed by atoms with Crippen LogP contribution in [0.3, 0.4) is 0 Å². The molecule has 0 saturated heterocycles. The molecule has 0 amide bonds. The van der Waals surface area contributed by atoms with Gasteiger partial charge >= 0.3 is 11.9 Å². The molecule has 0 bridgehead atoms. The molecular formula is C46H84Cl2N4O4. The van der Waals surface area contributed by atoms with E-state index in [-0.39, 0.29) is 69.9 Å². The Morgan fingerprint density at radius 2 is 1.27 bits per heavy atom. The molecule has 5 aliphatic rings. The van der Waals surface area contributed by atoms with E-state index in [4.69, 9.17) is 9.47 Å². The van der Waals surface area contributed by atoms with Crippen LogP contribution in [-0.2, 0) is 19.1 Å². The lowest BCUT2D eigenvalue weighted by Gasteiger charge is -2.73. The second kappa shape index (κ2) is 17.6. The number of nitrogens with zero attached hydrogens (tertiary/aromatic N) is 4. The van der Waals surface area contributed by atoms with Crippen LogP contribution in [0.25, 0.3) is 0 Å². The summed E-state index contributed by atoms with van der Waals surface area (Å²) in [7, 11) is 16.9. The van der Waals surface area contributed by atoms with Crippen molar-refractivity contribution in [3.8, 4) is 0 Å². The zero-order valence-corrected chi connectivity index (χ0v) is 39.9. The summed E-state index contributed by atoms with van der Waals surface area (Å²) in [6.07, 6.45) is 11.7. The number of carbonyl (C=O) groups is 2. The van der Waals surface area contributed by atoms with Crippen LogP contribution in [0.1, 0.15) is 106 Å². The van der Waals surface area contributed by atoms with E-state index in [0.29, 0.717) is 58.3 Å². The van der Waals surface area contributed by atoms with Crippen LogP contribution in [-0.4, -0.2) is 139 Å². The van der Waals surface area contributed by atoms with Gasteiger partial charge in [-0.15, -0.1) is 0 Å². The van der Waals surface area contributed by atoms with Crippen molar-refractivity contribution in [2.45, 2.75) is 112 Å². The molecule has 8 nitrogen and oxygen atoms in total. The lowest BCUT2D eigenvalue weighted by molar-refractivity contribution is -0.882. The summed E-state index contributed by atoms with van der Waals surface area (Å²) in [5.74, 6) is 2.74. The van der Waals surface area contributed by atoms with Crippen molar-refractivity contribution in [1.29, 1.82) is 0 Å². The summed E-state index contributed by atoms with van der Waals surface area (Å²) in [6.45, 7) is 24.9. The van der Waals surface area contributed by atoms with E-state index in [1.165, 1.54) is 44.1 Å². The van der Waals surface area contributed by atoms with E-state index in [1.807, 2.05) is 0 Å². The molecule has 0 aromatic heterocycles. The van der Waals surface area contributed by atoms with Gasteiger partial charge in [0.05, 0.1) is 47.9 Å². The molecule has 0 heterocycles. The fourth-order valence-corrected chi connectivity index (χ4v) is 14.0. The Morgan fingerprint density at radius 1 is 0.696 bits per heavy atom. The minimum absolute atomic E-state index is 0. The fourth-order valence-electron chi connectivity index (χ4n) is 14.0. The molecule has 0 aromatic rings. The first-order chi connectivity index (χ1) is 24.8. The molecule has 5 saturated carbocycles. The maximum absolute atomic E-state index is 13.5. The van der Waals surface area contributed by atoms with Crippen molar-refractivity contribution in [2.75, 3.05) is 102 Å². The zero-order valence-electron chi connectivity index (χ0n) is 38.4. The Kier molecular flexibility index (Phi) is 15.5. The van der Waals surface area contributed by atoms with Crippen LogP contribution in [0, 0.1) is 56.7 Å². The van der Waals surface area contributed by atoms with Crippen molar-refractivity contribution in [3.05, 3.63) is 12.2 Å². The SMILES string of the molecule is C=C(C)[C@@H]1CC[C@]2(COC(=O)C[N+](C)(C)CCN(C)C)CC[C@]3(C)C(CCC4[C@@]5(C)CC[C@H](OC(=O)C[N+](C)(C)CCN(C)C)C(C)(C)C5CC[C@]43C)C12.[Cl-].[Cl-]. The smallest absolute Gasteiger partial charge is 0.362 e. The first-order valence-electron chi connectivity index (χ1n) is 21.8. The summed E-state index contributed by atoms with van der Waals surface area (Å²) in [5, 5.41) is 0. The Bertz CT molecular complexity index is 1400.